The molecule has 1 atom stereocenters. The Morgan fingerprint density at radius 2 is 1.84 bits per heavy atom. The minimum atomic E-state index is 0.571. The third-order valence-corrected chi connectivity index (χ3v) is 4.30. The highest BCUT2D eigenvalue weighted by Crippen LogP contribution is 2.31. The quantitative estimate of drug-likeness (QED) is 0.460. The minimum absolute atomic E-state index is 0.571. The summed E-state index contributed by atoms with van der Waals surface area (Å²) in [5, 5.41) is 0. The predicted octanol–water partition coefficient (Wildman–Crippen LogP) is 6.13. The molecular weight excluding hydrogens is 310 g/mol. The first-order valence-corrected chi connectivity index (χ1v) is 9.55. The average molecular weight is 341 g/mol. The molecule has 0 radical (unpaired) electrons. The number of unbranched alkanes of at least 4 members (excludes halogenated alkanes) is 3. The molecule has 3 heteroatoms. The summed E-state index contributed by atoms with van der Waals surface area (Å²) >= 11 is 0. The van der Waals surface area contributed by atoms with E-state index in [0.29, 0.717) is 18.4 Å². The maximum Gasteiger partial charge on any atom is 0.213 e. The lowest BCUT2D eigenvalue weighted by atomic mass is 10.0. The Morgan fingerprint density at radius 1 is 1.00 bits per heavy atom. The third-order valence-electron chi connectivity index (χ3n) is 4.30. The van der Waals surface area contributed by atoms with Gasteiger partial charge in [-0.3, -0.25) is 0 Å². The molecule has 0 aliphatic carbocycles. The summed E-state index contributed by atoms with van der Waals surface area (Å²) in [4.78, 5) is 4.24. The normalized spacial score (nSPS) is 12.0. The fourth-order valence-corrected chi connectivity index (χ4v) is 2.87. The molecule has 0 N–H and O–H groups in total. The Morgan fingerprint density at radius 3 is 2.64 bits per heavy atom. The van der Waals surface area contributed by atoms with Crippen molar-refractivity contribution in [3.8, 4) is 22.8 Å². The number of hydrogen-bond acceptors (Lipinski definition) is 3. The van der Waals surface area contributed by atoms with E-state index >= 15 is 0 Å². The summed E-state index contributed by atoms with van der Waals surface area (Å²) in [6.45, 7) is 7.86. The number of rotatable bonds is 11. The van der Waals surface area contributed by atoms with Crippen LogP contribution in [0.4, 0.5) is 0 Å². The van der Waals surface area contributed by atoms with Gasteiger partial charge in [-0.15, -0.1) is 0 Å². The zero-order chi connectivity index (χ0) is 17.9. The zero-order valence-electron chi connectivity index (χ0n) is 15.8. The van der Waals surface area contributed by atoms with Crippen LogP contribution in [0.25, 0.3) is 11.1 Å². The Labute approximate surface area is 152 Å². The molecule has 0 fully saturated rings. The molecule has 2 rings (SSSR count). The number of ether oxygens (including phenoxy) is 2. The van der Waals surface area contributed by atoms with Gasteiger partial charge in [-0.25, -0.2) is 4.98 Å². The summed E-state index contributed by atoms with van der Waals surface area (Å²) in [5.41, 5.74) is 2.16. The number of pyridine rings is 1. The summed E-state index contributed by atoms with van der Waals surface area (Å²) in [7, 11) is 0. The molecule has 0 aliphatic rings. The standard InChI is InChI=1S/C22H31NO2/c1-4-6-7-8-11-18(3)17-25-21-13-10-9-12-20(21)19-14-15-23-22(16-19)24-5-2/h9-10,12-16,18H,4-8,11,17H2,1-3H3. The first-order chi connectivity index (χ1) is 12.2. The monoisotopic (exact) mass is 341 g/mol. The fourth-order valence-electron chi connectivity index (χ4n) is 2.87. The molecule has 1 aromatic carbocycles. The average Bonchev–Trinajstić information content (AvgIpc) is 2.64. The number of nitrogens with zero attached hydrogens (tertiary/aromatic N) is 1. The van der Waals surface area contributed by atoms with Crippen molar-refractivity contribution >= 4 is 0 Å². The van der Waals surface area contributed by atoms with Crippen LogP contribution in [0.3, 0.4) is 0 Å². The molecule has 3 nitrogen and oxygen atoms in total. The van der Waals surface area contributed by atoms with Crippen LogP contribution < -0.4 is 9.47 Å². The SMILES string of the molecule is CCCCCCC(C)COc1ccccc1-c1ccnc(OCC)c1. The third kappa shape index (κ3) is 6.41. The summed E-state index contributed by atoms with van der Waals surface area (Å²) in [6.07, 6.45) is 8.25. The lowest BCUT2D eigenvalue weighted by Gasteiger charge is -2.16. The van der Waals surface area contributed by atoms with Crippen LogP contribution in [0.5, 0.6) is 11.6 Å². The Balaban J connectivity index is 1.99. The van der Waals surface area contributed by atoms with Crippen LogP contribution in [0.2, 0.25) is 0 Å². The van der Waals surface area contributed by atoms with Crippen LogP contribution in [0.1, 0.15) is 52.9 Å². The highest BCUT2D eigenvalue weighted by molar-refractivity contribution is 5.70. The Hall–Kier alpha value is -2.03. The first kappa shape index (κ1) is 19.3. The van der Waals surface area contributed by atoms with Crippen molar-refractivity contribution in [2.45, 2.75) is 52.9 Å². The van der Waals surface area contributed by atoms with Gasteiger partial charge in [-0.05, 0) is 37.0 Å². The number of para-hydroxylation sites is 1. The molecule has 2 aromatic rings. The van der Waals surface area contributed by atoms with Gasteiger partial charge < -0.3 is 9.47 Å². The molecule has 0 amide bonds. The van der Waals surface area contributed by atoms with Crippen molar-refractivity contribution in [1.82, 2.24) is 4.98 Å². The van der Waals surface area contributed by atoms with Crippen molar-refractivity contribution in [3.05, 3.63) is 42.6 Å². The zero-order valence-corrected chi connectivity index (χ0v) is 15.8. The largest absolute Gasteiger partial charge is 0.493 e. The Bertz CT molecular complexity index is 627. The van der Waals surface area contributed by atoms with E-state index in [9.17, 15) is 0 Å². The molecular formula is C22H31NO2. The summed E-state index contributed by atoms with van der Waals surface area (Å²) in [6, 6.07) is 12.2. The van der Waals surface area contributed by atoms with Gasteiger partial charge in [-0.1, -0.05) is 57.7 Å². The van der Waals surface area contributed by atoms with E-state index in [-0.39, 0.29) is 0 Å². The second-order valence-corrected chi connectivity index (χ2v) is 6.58. The molecule has 1 aromatic heterocycles. The molecule has 0 saturated carbocycles. The van der Waals surface area contributed by atoms with E-state index < -0.39 is 0 Å². The van der Waals surface area contributed by atoms with Gasteiger partial charge in [0.05, 0.1) is 13.2 Å². The number of hydrogen-bond donors (Lipinski definition) is 0. The van der Waals surface area contributed by atoms with Crippen molar-refractivity contribution in [1.29, 1.82) is 0 Å². The summed E-state index contributed by atoms with van der Waals surface area (Å²) in [5.74, 6) is 2.15. The lowest BCUT2D eigenvalue weighted by molar-refractivity contribution is 0.250. The molecule has 136 valence electrons. The van der Waals surface area contributed by atoms with Gasteiger partial charge in [0.2, 0.25) is 5.88 Å². The van der Waals surface area contributed by atoms with Crippen molar-refractivity contribution in [3.63, 3.8) is 0 Å². The van der Waals surface area contributed by atoms with Gasteiger partial charge in [-0.2, -0.15) is 0 Å². The topological polar surface area (TPSA) is 31.4 Å². The molecule has 0 aliphatic heterocycles. The van der Waals surface area contributed by atoms with Gasteiger partial charge in [0.25, 0.3) is 0 Å². The smallest absolute Gasteiger partial charge is 0.213 e. The van der Waals surface area contributed by atoms with Crippen molar-refractivity contribution < 1.29 is 9.47 Å². The van der Waals surface area contributed by atoms with Gasteiger partial charge >= 0.3 is 0 Å². The van der Waals surface area contributed by atoms with E-state index in [1.807, 2.05) is 37.3 Å². The molecule has 25 heavy (non-hydrogen) atoms. The lowest BCUT2D eigenvalue weighted by Crippen LogP contribution is -2.09. The second-order valence-electron chi connectivity index (χ2n) is 6.58. The Kier molecular flexibility index (Phi) is 8.30. The van der Waals surface area contributed by atoms with E-state index in [1.54, 1.807) is 6.20 Å². The van der Waals surface area contributed by atoms with E-state index in [2.05, 4.69) is 24.9 Å². The van der Waals surface area contributed by atoms with Crippen LogP contribution in [0.15, 0.2) is 42.6 Å². The van der Waals surface area contributed by atoms with Crippen LogP contribution in [0, 0.1) is 5.92 Å². The first-order valence-electron chi connectivity index (χ1n) is 9.55. The molecule has 1 heterocycles. The van der Waals surface area contributed by atoms with Gasteiger partial charge in [0.15, 0.2) is 0 Å². The van der Waals surface area contributed by atoms with E-state index in [0.717, 1.165) is 23.5 Å². The molecule has 0 saturated heterocycles. The van der Waals surface area contributed by atoms with E-state index in [4.69, 9.17) is 9.47 Å². The van der Waals surface area contributed by atoms with Crippen LogP contribution >= 0.6 is 0 Å². The maximum atomic E-state index is 6.15. The maximum absolute atomic E-state index is 6.15. The molecule has 1 unspecified atom stereocenters. The number of aromatic nitrogens is 1. The van der Waals surface area contributed by atoms with Gasteiger partial charge in [0, 0.05) is 17.8 Å². The van der Waals surface area contributed by atoms with Crippen LogP contribution in [-0.4, -0.2) is 18.2 Å². The fraction of sp³-hybridized carbons (Fsp3) is 0.500. The second kappa shape index (κ2) is 10.8. The van der Waals surface area contributed by atoms with Crippen molar-refractivity contribution in [2.75, 3.05) is 13.2 Å². The highest BCUT2D eigenvalue weighted by Gasteiger charge is 2.09. The molecule has 0 bridgehead atoms. The highest BCUT2D eigenvalue weighted by atomic mass is 16.5. The summed E-state index contributed by atoms with van der Waals surface area (Å²) < 4.78 is 11.7. The van der Waals surface area contributed by atoms with E-state index in [1.165, 1.54) is 32.1 Å². The minimum Gasteiger partial charge on any atom is -0.493 e. The molecule has 0 spiro atoms. The number of benzene rings is 1. The van der Waals surface area contributed by atoms with Crippen LogP contribution in [-0.2, 0) is 0 Å². The van der Waals surface area contributed by atoms with Gasteiger partial charge in [0.1, 0.15) is 5.75 Å². The van der Waals surface area contributed by atoms with Crippen molar-refractivity contribution in [2.24, 2.45) is 5.92 Å². The predicted molar refractivity (Wildman–Crippen MR) is 104 cm³/mol.